The van der Waals surface area contributed by atoms with Crippen molar-refractivity contribution in [1.82, 2.24) is 0 Å². The molecule has 0 aromatic heterocycles. The Morgan fingerprint density at radius 2 is 2.33 bits per heavy atom. The Labute approximate surface area is 90.7 Å². The van der Waals surface area contributed by atoms with E-state index in [1.165, 1.54) is 12.1 Å². The number of halogens is 2. The van der Waals surface area contributed by atoms with Crippen molar-refractivity contribution in [2.45, 2.75) is 11.8 Å². The van der Waals surface area contributed by atoms with Crippen molar-refractivity contribution >= 4 is 17.6 Å². The van der Waals surface area contributed by atoms with Crippen LogP contribution < -0.4 is 0 Å². The molecule has 78 valence electrons. The van der Waals surface area contributed by atoms with Crippen LogP contribution in [-0.4, -0.2) is 16.5 Å². The molecule has 3 nitrogen and oxygen atoms in total. The molecular formula is C10H7ClFNO2. The molecule has 0 radical (unpaired) electrons. The van der Waals surface area contributed by atoms with E-state index in [1.54, 1.807) is 6.07 Å². The van der Waals surface area contributed by atoms with Crippen LogP contribution in [0.25, 0.3) is 0 Å². The van der Waals surface area contributed by atoms with Crippen molar-refractivity contribution < 1.29 is 14.3 Å². The second kappa shape index (κ2) is 4.76. The summed E-state index contributed by atoms with van der Waals surface area (Å²) in [4.78, 5) is 10.5. The number of hydrogen-bond donors (Lipinski definition) is 1. The van der Waals surface area contributed by atoms with Crippen molar-refractivity contribution in [1.29, 1.82) is 5.26 Å². The van der Waals surface area contributed by atoms with E-state index in [9.17, 15) is 9.18 Å². The van der Waals surface area contributed by atoms with Gasteiger partial charge in [-0.2, -0.15) is 5.26 Å². The SMILES string of the molecule is N#Cc1cc(F)ccc1CC(Cl)C(=O)O. The van der Waals surface area contributed by atoms with Gasteiger partial charge in [-0.3, -0.25) is 4.79 Å². The quantitative estimate of drug-likeness (QED) is 0.803. The third-order valence-electron chi connectivity index (χ3n) is 1.86. The molecule has 0 aliphatic rings. The molecule has 0 fully saturated rings. The molecule has 1 unspecified atom stereocenters. The zero-order valence-corrected chi connectivity index (χ0v) is 8.33. The Bertz CT molecular complexity index is 428. The molecule has 1 rings (SSSR count). The van der Waals surface area contributed by atoms with Gasteiger partial charge < -0.3 is 5.11 Å². The molecular weight excluding hydrogens is 221 g/mol. The third kappa shape index (κ3) is 2.93. The second-order valence-corrected chi connectivity index (χ2v) is 3.45. The first kappa shape index (κ1) is 11.5. The van der Waals surface area contributed by atoms with E-state index < -0.39 is 17.2 Å². The van der Waals surface area contributed by atoms with Gasteiger partial charge in [0.1, 0.15) is 11.2 Å². The topological polar surface area (TPSA) is 61.1 Å². The zero-order valence-electron chi connectivity index (χ0n) is 7.58. The van der Waals surface area contributed by atoms with E-state index in [2.05, 4.69) is 0 Å². The van der Waals surface area contributed by atoms with Gasteiger partial charge in [-0.25, -0.2) is 4.39 Å². The predicted octanol–water partition coefficient (Wildman–Crippen LogP) is 1.93. The summed E-state index contributed by atoms with van der Waals surface area (Å²) < 4.78 is 12.7. The lowest BCUT2D eigenvalue weighted by Crippen LogP contribution is -2.16. The normalized spacial score (nSPS) is 11.8. The minimum Gasteiger partial charge on any atom is -0.480 e. The predicted molar refractivity (Wildman–Crippen MR) is 52.1 cm³/mol. The number of nitriles is 1. The highest BCUT2D eigenvalue weighted by molar-refractivity contribution is 6.29. The Kier molecular flexibility index (Phi) is 3.64. The Morgan fingerprint density at radius 1 is 1.67 bits per heavy atom. The van der Waals surface area contributed by atoms with Gasteiger partial charge >= 0.3 is 5.97 Å². The maximum absolute atomic E-state index is 12.7. The zero-order chi connectivity index (χ0) is 11.4. The van der Waals surface area contributed by atoms with Gasteiger partial charge in [0, 0.05) is 6.42 Å². The Morgan fingerprint density at radius 3 is 2.87 bits per heavy atom. The maximum atomic E-state index is 12.7. The smallest absolute Gasteiger partial charge is 0.321 e. The fourth-order valence-electron chi connectivity index (χ4n) is 1.11. The van der Waals surface area contributed by atoms with E-state index in [0.717, 1.165) is 6.07 Å². The number of aliphatic carboxylic acids is 1. The van der Waals surface area contributed by atoms with Gasteiger partial charge in [0.25, 0.3) is 0 Å². The van der Waals surface area contributed by atoms with Crippen LogP contribution in [0.2, 0.25) is 0 Å². The third-order valence-corrected chi connectivity index (χ3v) is 2.20. The van der Waals surface area contributed by atoms with Crippen LogP contribution in [0.1, 0.15) is 11.1 Å². The first-order valence-corrected chi connectivity index (χ1v) is 4.53. The number of benzene rings is 1. The number of alkyl halides is 1. The Hall–Kier alpha value is -1.60. The lowest BCUT2D eigenvalue weighted by Gasteiger charge is -2.06. The van der Waals surface area contributed by atoms with Crippen LogP contribution in [-0.2, 0) is 11.2 Å². The van der Waals surface area contributed by atoms with Crippen molar-refractivity contribution in [3.63, 3.8) is 0 Å². The summed E-state index contributed by atoms with van der Waals surface area (Å²) in [6.07, 6.45) is 0.0000617. The van der Waals surface area contributed by atoms with Gasteiger partial charge in [-0.05, 0) is 17.7 Å². The molecule has 0 spiro atoms. The van der Waals surface area contributed by atoms with Gasteiger partial charge in [-0.1, -0.05) is 6.07 Å². The fraction of sp³-hybridized carbons (Fsp3) is 0.200. The van der Waals surface area contributed by atoms with E-state index in [-0.39, 0.29) is 12.0 Å². The van der Waals surface area contributed by atoms with E-state index in [0.29, 0.717) is 5.56 Å². The van der Waals surface area contributed by atoms with Crippen LogP contribution >= 0.6 is 11.6 Å². The van der Waals surface area contributed by atoms with Crippen molar-refractivity contribution in [2.75, 3.05) is 0 Å². The maximum Gasteiger partial charge on any atom is 0.321 e. The number of nitrogens with zero attached hydrogens (tertiary/aromatic N) is 1. The second-order valence-electron chi connectivity index (χ2n) is 2.92. The van der Waals surface area contributed by atoms with Gasteiger partial charge in [0.2, 0.25) is 0 Å². The molecule has 1 aromatic carbocycles. The summed E-state index contributed by atoms with van der Waals surface area (Å²) >= 11 is 5.52. The van der Waals surface area contributed by atoms with Crippen LogP contribution in [0.3, 0.4) is 0 Å². The van der Waals surface area contributed by atoms with Gasteiger partial charge in [0.05, 0.1) is 11.6 Å². The van der Waals surface area contributed by atoms with E-state index >= 15 is 0 Å². The molecule has 0 aliphatic heterocycles. The van der Waals surface area contributed by atoms with Crippen LogP contribution in [0.4, 0.5) is 4.39 Å². The fourth-order valence-corrected chi connectivity index (χ4v) is 1.28. The summed E-state index contributed by atoms with van der Waals surface area (Å²) in [6.45, 7) is 0. The molecule has 0 heterocycles. The summed E-state index contributed by atoms with van der Waals surface area (Å²) in [5.74, 6) is -1.69. The average Bonchev–Trinajstić information content (AvgIpc) is 2.20. The van der Waals surface area contributed by atoms with Crippen LogP contribution in [0.5, 0.6) is 0 Å². The largest absolute Gasteiger partial charge is 0.480 e. The standard InChI is InChI=1S/C10H7ClFNO2/c11-9(10(14)15)4-6-1-2-8(12)3-7(6)5-13/h1-3,9H,4H2,(H,14,15). The van der Waals surface area contributed by atoms with Gasteiger partial charge in [0.15, 0.2) is 0 Å². The van der Waals surface area contributed by atoms with E-state index in [1.807, 2.05) is 0 Å². The first-order chi connectivity index (χ1) is 7.04. The van der Waals surface area contributed by atoms with Crippen molar-refractivity contribution in [3.8, 4) is 6.07 Å². The molecule has 0 aliphatic carbocycles. The summed E-state index contributed by atoms with van der Waals surface area (Å²) in [5, 5.41) is 16.2. The molecule has 5 heteroatoms. The lowest BCUT2D eigenvalue weighted by atomic mass is 10.0. The van der Waals surface area contributed by atoms with Crippen molar-refractivity contribution in [2.24, 2.45) is 0 Å². The summed E-state index contributed by atoms with van der Waals surface area (Å²) in [5.41, 5.74) is 0.545. The number of carboxylic acid groups (broad SMARTS) is 1. The highest BCUT2D eigenvalue weighted by atomic mass is 35.5. The number of hydrogen-bond acceptors (Lipinski definition) is 2. The minimum absolute atomic E-state index is 0.0000617. The molecule has 1 aromatic rings. The highest BCUT2D eigenvalue weighted by Crippen LogP contribution is 2.15. The lowest BCUT2D eigenvalue weighted by molar-refractivity contribution is -0.136. The molecule has 0 bridgehead atoms. The van der Waals surface area contributed by atoms with Crippen LogP contribution in [0.15, 0.2) is 18.2 Å². The molecule has 15 heavy (non-hydrogen) atoms. The minimum atomic E-state index is -1.16. The highest BCUT2D eigenvalue weighted by Gasteiger charge is 2.16. The molecule has 1 N–H and O–H groups in total. The van der Waals surface area contributed by atoms with Gasteiger partial charge in [-0.15, -0.1) is 11.6 Å². The molecule has 0 saturated heterocycles. The van der Waals surface area contributed by atoms with E-state index in [4.69, 9.17) is 22.0 Å². The molecule has 0 saturated carbocycles. The average molecular weight is 228 g/mol. The summed E-state index contributed by atoms with van der Waals surface area (Å²) in [7, 11) is 0. The molecule has 1 atom stereocenters. The van der Waals surface area contributed by atoms with Crippen molar-refractivity contribution in [3.05, 3.63) is 35.1 Å². The monoisotopic (exact) mass is 227 g/mol. The summed E-state index contributed by atoms with van der Waals surface area (Å²) in [6, 6.07) is 5.38. The number of rotatable bonds is 3. The number of carboxylic acids is 1. The Balaban J connectivity index is 2.96. The van der Waals surface area contributed by atoms with Crippen LogP contribution in [0, 0.1) is 17.1 Å². The number of carbonyl (C=O) groups is 1. The first-order valence-electron chi connectivity index (χ1n) is 4.10. The molecule has 0 amide bonds.